The molecule has 2 heterocycles. The van der Waals surface area contributed by atoms with Gasteiger partial charge in [-0.05, 0) is 42.5 Å². The molecule has 0 N–H and O–H groups in total. The highest BCUT2D eigenvalue weighted by Gasteiger charge is 2.36. The van der Waals surface area contributed by atoms with Gasteiger partial charge in [0.1, 0.15) is 5.01 Å². The van der Waals surface area contributed by atoms with Gasteiger partial charge in [0.05, 0.1) is 26.9 Å². The Morgan fingerprint density at radius 3 is 2.09 bits per heavy atom. The second kappa shape index (κ2) is 7.18. The Bertz CT molecular complexity index is 1500. The van der Waals surface area contributed by atoms with Crippen molar-refractivity contribution in [1.82, 2.24) is 9.46 Å². The molecule has 0 aliphatic heterocycles. The smallest absolute Gasteiger partial charge is 0.324 e. The zero-order chi connectivity index (χ0) is 23.7. The fourth-order valence-electron chi connectivity index (χ4n) is 3.87. The minimum absolute atomic E-state index is 0.0491. The predicted molar refractivity (Wildman–Crippen MR) is 111 cm³/mol. The number of fused-ring (bicyclic) bond motifs is 4. The van der Waals surface area contributed by atoms with Crippen molar-refractivity contribution in [2.45, 2.75) is 12.4 Å². The number of nitrogens with zero attached hydrogens (tertiary/aromatic N) is 2. The molecule has 0 radical (unpaired) electrons. The molecule has 0 amide bonds. The van der Waals surface area contributed by atoms with E-state index in [0.717, 1.165) is 17.4 Å². The lowest BCUT2D eigenvalue weighted by Crippen LogP contribution is -2.13. The second-order valence-electron chi connectivity index (χ2n) is 7.28. The van der Waals surface area contributed by atoms with E-state index in [9.17, 15) is 35.0 Å². The van der Waals surface area contributed by atoms with Gasteiger partial charge >= 0.3 is 19.8 Å². The lowest BCUT2D eigenvalue weighted by atomic mass is 10.0. The summed E-state index contributed by atoms with van der Waals surface area (Å²) in [5, 5.41) is -0.665. The average molecular weight is 484 g/mol. The zero-order valence-electron chi connectivity index (χ0n) is 16.1. The number of rotatable bonds is 2. The first-order valence-corrected chi connectivity index (χ1v) is 10.2. The maximum absolute atomic E-state index is 14.1. The van der Waals surface area contributed by atoms with Crippen molar-refractivity contribution < 1.29 is 35.0 Å². The van der Waals surface area contributed by atoms with E-state index in [-0.39, 0.29) is 32.4 Å². The molecule has 168 valence electrons. The molecule has 0 aliphatic rings. The SMILES string of the molecule is FB(F)n1c2ccc(C(F)(F)F)cc2c2cc(C(F)(F)F)cc(-c3nc4ccccc4s3)c21. The molecule has 0 atom stereocenters. The van der Waals surface area contributed by atoms with Crippen LogP contribution in [0.2, 0.25) is 0 Å². The minimum Gasteiger partial charge on any atom is -0.324 e. The van der Waals surface area contributed by atoms with Gasteiger partial charge in [0.25, 0.3) is 0 Å². The van der Waals surface area contributed by atoms with Crippen LogP contribution >= 0.6 is 11.3 Å². The quantitative estimate of drug-likeness (QED) is 0.184. The fraction of sp³-hybridized carbons (Fsp3) is 0.0952. The Hall–Kier alpha value is -3.15. The molecule has 2 nitrogen and oxygen atoms in total. The molecule has 33 heavy (non-hydrogen) atoms. The van der Waals surface area contributed by atoms with Gasteiger partial charge in [-0.25, -0.2) is 4.98 Å². The summed E-state index contributed by atoms with van der Waals surface area (Å²) < 4.78 is 110. The van der Waals surface area contributed by atoms with Crippen molar-refractivity contribution in [2.75, 3.05) is 0 Å². The number of thiazole rings is 1. The van der Waals surface area contributed by atoms with Crippen LogP contribution in [-0.4, -0.2) is 16.9 Å². The van der Waals surface area contributed by atoms with E-state index in [1.165, 1.54) is 0 Å². The standard InChI is InChI=1S/C21H9BF8N2S/c23-20(24,25)10-5-6-16-12(7-10)13-8-11(21(26,27)28)9-14(18(13)32(16)22(29)30)19-31-15-3-1-2-4-17(15)33-19/h1-9H. The Labute approximate surface area is 184 Å². The molecular weight excluding hydrogens is 475 g/mol. The highest BCUT2D eigenvalue weighted by atomic mass is 32.1. The third-order valence-corrected chi connectivity index (χ3v) is 6.34. The van der Waals surface area contributed by atoms with Crippen molar-refractivity contribution in [3.63, 3.8) is 0 Å². The van der Waals surface area contributed by atoms with Crippen LogP contribution in [0.5, 0.6) is 0 Å². The first-order valence-electron chi connectivity index (χ1n) is 9.35. The van der Waals surface area contributed by atoms with Crippen molar-refractivity contribution in [2.24, 2.45) is 0 Å². The summed E-state index contributed by atoms with van der Waals surface area (Å²) in [5.41, 5.74) is -2.72. The van der Waals surface area contributed by atoms with Crippen molar-refractivity contribution >= 4 is 50.8 Å². The molecule has 0 aliphatic carbocycles. The largest absolute Gasteiger partial charge is 0.678 e. The fourth-order valence-corrected chi connectivity index (χ4v) is 4.86. The van der Waals surface area contributed by atoms with E-state index >= 15 is 0 Å². The first kappa shape index (κ1) is 21.7. The molecule has 0 fully saturated rings. The third-order valence-electron chi connectivity index (χ3n) is 5.27. The summed E-state index contributed by atoms with van der Waals surface area (Å²) in [6.07, 6.45) is -9.66. The number of para-hydroxylation sites is 1. The third kappa shape index (κ3) is 3.52. The van der Waals surface area contributed by atoms with Gasteiger partial charge in [-0.2, -0.15) is 26.3 Å². The first-order chi connectivity index (χ1) is 15.4. The maximum atomic E-state index is 14.1. The van der Waals surface area contributed by atoms with Gasteiger partial charge in [0.15, 0.2) is 0 Å². The molecule has 0 bridgehead atoms. The van der Waals surface area contributed by atoms with Crippen LogP contribution in [0.1, 0.15) is 11.1 Å². The lowest BCUT2D eigenvalue weighted by molar-refractivity contribution is -0.138. The van der Waals surface area contributed by atoms with E-state index in [1.807, 2.05) is 0 Å². The zero-order valence-corrected chi connectivity index (χ0v) is 16.9. The van der Waals surface area contributed by atoms with Crippen LogP contribution in [-0.2, 0) is 12.4 Å². The Morgan fingerprint density at radius 1 is 0.788 bits per heavy atom. The van der Waals surface area contributed by atoms with E-state index in [1.54, 1.807) is 24.3 Å². The summed E-state index contributed by atoms with van der Waals surface area (Å²) in [4.78, 5) is 4.30. The average Bonchev–Trinajstić information content (AvgIpc) is 3.30. The topological polar surface area (TPSA) is 17.8 Å². The monoisotopic (exact) mass is 484 g/mol. The molecule has 0 saturated heterocycles. The maximum Gasteiger partial charge on any atom is 0.678 e. The van der Waals surface area contributed by atoms with E-state index < -0.39 is 30.9 Å². The molecule has 2 aromatic heterocycles. The summed E-state index contributed by atoms with van der Waals surface area (Å²) in [5.74, 6) is 0. The van der Waals surface area contributed by atoms with Crippen LogP contribution in [0.25, 0.3) is 42.6 Å². The van der Waals surface area contributed by atoms with Gasteiger partial charge < -0.3 is 4.48 Å². The summed E-state index contributed by atoms with van der Waals surface area (Å²) in [7, 11) is -3.22. The number of hydrogen-bond donors (Lipinski definition) is 0. The molecule has 0 unspecified atom stereocenters. The van der Waals surface area contributed by atoms with E-state index in [2.05, 4.69) is 4.98 Å². The number of aromatic nitrogens is 2. The van der Waals surface area contributed by atoms with Crippen LogP contribution in [0.4, 0.5) is 35.0 Å². The summed E-state index contributed by atoms with van der Waals surface area (Å²) >= 11 is 1.01. The predicted octanol–water partition coefficient (Wildman–Crippen LogP) is 7.88. The van der Waals surface area contributed by atoms with Crippen LogP contribution in [0.15, 0.2) is 54.6 Å². The van der Waals surface area contributed by atoms with Gasteiger partial charge in [0, 0.05) is 21.9 Å². The number of benzene rings is 3. The Balaban J connectivity index is 1.96. The van der Waals surface area contributed by atoms with Crippen LogP contribution < -0.4 is 0 Å². The minimum atomic E-state index is -4.86. The Morgan fingerprint density at radius 2 is 1.45 bits per heavy atom. The summed E-state index contributed by atoms with van der Waals surface area (Å²) in [6, 6.07) is 10.1. The van der Waals surface area contributed by atoms with Gasteiger partial charge in [-0.1, -0.05) is 12.1 Å². The molecular formula is C21H9BF8N2S. The van der Waals surface area contributed by atoms with E-state index in [0.29, 0.717) is 39.0 Å². The number of hydrogen-bond acceptors (Lipinski definition) is 2. The molecule has 5 aromatic rings. The molecule has 5 rings (SSSR count). The van der Waals surface area contributed by atoms with Gasteiger partial charge in [-0.15, -0.1) is 11.3 Å². The summed E-state index contributed by atoms with van der Waals surface area (Å²) in [6.45, 7) is 0. The highest BCUT2D eigenvalue weighted by Crippen LogP contribution is 2.44. The molecule has 0 saturated carbocycles. The molecule has 0 spiro atoms. The van der Waals surface area contributed by atoms with Crippen LogP contribution in [0.3, 0.4) is 0 Å². The highest BCUT2D eigenvalue weighted by molar-refractivity contribution is 7.21. The van der Waals surface area contributed by atoms with Crippen molar-refractivity contribution in [3.8, 4) is 10.6 Å². The number of halogens is 8. The number of alkyl halides is 6. The van der Waals surface area contributed by atoms with Crippen molar-refractivity contribution in [3.05, 3.63) is 65.7 Å². The lowest BCUT2D eigenvalue weighted by Gasteiger charge is -2.11. The second-order valence-corrected chi connectivity index (χ2v) is 8.31. The van der Waals surface area contributed by atoms with Gasteiger partial charge in [-0.3, -0.25) is 8.63 Å². The Kier molecular flexibility index (Phi) is 4.72. The van der Waals surface area contributed by atoms with Crippen LogP contribution in [0, 0.1) is 0 Å². The normalized spacial score (nSPS) is 12.8. The molecule has 3 aromatic carbocycles. The van der Waals surface area contributed by atoms with Gasteiger partial charge in [0.2, 0.25) is 0 Å². The molecule has 12 heteroatoms. The van der Waals surface area contributed by atoms with E-state index in [4.69, 9.17) is 0 Å². The van der Waals surface area contributed by atoms with Crippen molar-refractivity contribution in [1.29, 1.82) is 0 Å².